The third-order valence-electron chi connectivity index (χ3n) is 4.33. The van der Waals surface area contributed by atoms with Crippen LogP contribution in [0, 0.1) is 19.8 Å². The number of ether oxygens (including phenoxy) is 2. The van der Waals surface area contributed by atoms with Crippen molar-refractivity contribution in [3.05, 3.63) is 53.6 Å². The molecule has 3 rings (SSSR count). The molecule has 0 spiro atoms. The van der Waals surface area contributed by atoms with Gasteiger partial charge in [-0.25, -0.2) is 0 Å². The number of rotatable bonds is 5. The van der Waals surface area contributed by atoms with E-state index in [2.05, 4.69) is 0 Å². The first-order chi connectivity index (χ1) is 12.5. The molecule has 5 nitrogen and oxygen atoms in total. The largest absolute Gasteiger partial charge is 0.492 e. The average molecular weight is 353 g/mol. The molecule has 1 aliphatic rings. The van der Waals surface area contributed by atoms with Crippen LogP contribution in [-0.4, -0.2) is 25.0 Å². The molecule has 26 heavy (non-hydrogen) atoms. The predicted molar refractivity (Wildman–Crippen MR) is 99.6 cm³/mol. The van der Waals surface area contributed by atoms with Gasteiger partial charge in [-0.1, -0.05) is 18.2 Å². The molecule has 0 bridgehead atoms. The third-order valence-corrected chi connectivity index (χ3v) is 4.33. The minimum atomic E-state index is -0.488. The second kappa shape index (κ2) is 7.60. The smallest absolute Gasteiger partial charge is 0.316 e. The molecule has 0 aliphatic carbocycles. The number of nitrogens with zero attached hydrogens (tertiary/aromatic N) is 1. The number of amides is 1. The maximum absolute atomic E-state index is 12.5. The van der Waals surface area contributed by atoms with Crippen molar-refractivity contribution in [2.75, 3.05) is 18.1 Å². The van der Waals surface area contributed by atoms with E-state index in [0.29, 0.717) is 30.3 Å². The highest BCUT2D eigenvalue weighted by Gasteiger charge is 2.37. The minimum absolute atomic E-state index is 0.0977. The molecule has 0 N–H and O–H groups in total. The van der Waals surface area contributed by atoms with Gasteiger partial charge in [0.1, 0.15) is 11.5 Å². The van der Waals surface area contributed by atoms with E-state index in [9.17, 15) is 9.59 Å². The van der Waals surface area contributed by atoms with Crippen molar-refractivity contribution in [3.8, 4) is 11.5 Å². The zero-order valence-electron chi connectivity index (χ0n) is 15.3. The number of aryl methyl sites for hydroxylation is 2. The van der Waals surface area contributed by atoms with Gasteiger partial charge in [0.25, 0.3) is 0 Å². The minimum Gasteiger partial charge on any atom is -0.492 e. The highest BCUT2D eigenvalue weighted by molar-refractivity contribution is 6.00. The van der Waals surface area contributed by atoms with Crippen molar-refractivity contribution >= 4 is 17.6 Å². The van der Waals surface area contributed by atoms with Gasteiger partial charge in [0.2, 0.25) is 5.91 Å². The Labute approximate surface area is 153 Å². The van der Waals surface area contributed by atoms with Crippen LogP contribution in [0.4, 0.5) is 5.69 Å². The quantitative estimate of drug-likeness (QED) is 0.608. The van der Waals surface area contributed by atoms with Crippen LogP contribution < -0.4 is 14.4 Å². The SMILES string of the molecule is CCOc1ccccc1N1C[C@H](C(=O)Oc2cc(C)cc(C)c2)CC1=O. The lowest BCUT2D eigenvalue weighted by molar-refractivity contribution is -0.139. The summed E-state index contributed by atoms with van der Waals surface area (Å²) in [7, 11) is 0. The number of hydrogen-bond acceptors (Lipinski definition) is 4. The summed E-state index contributed by atoms with van der Waals surface area (Å²) in [6.45, 7) is 6.61. The van der Waals surface area contributed by atoms with E-state index >= 15 is 0 Å². The second-order valence-corrected chi connectivity index (χ2v) is 6.55. The summed E-state index contributed by atoms with van der Waals surface area (Å²) in [6.07, 6.45) is 0.143. The fraction of sp³-hybridized carbons (Fsp3) is 0.333. The number of carbonyl (C=O) groups is 2. The Morgan fingerprint density at radius 2 is 1.85 bits per heavy atom. The molecular weight excluding hydrogens is 330 g/mol. The molecule has 1 heterocycles. The van der Waals surface area contributed by atoms with E-state index in [-0.39, 0.29) is 18.3 Å². The number of benzene rings is 2. The van der Waals surface area contributed by atoms with E-state index in [1.54, 1.807) is 4.90 Å². The molecule has 5 heteroatoms. The molecule has 0 aromatic heterocycles. The van der Waals surface area contributed by atoms with E-state index in [1.165, 1.54) is 0 Å². The fourth-order valence-corrected chi connectivity index (χ4v) is 3.25. The van der Waals surface area contributed by atoms with E-state index in [1.807, 2.05) is 63.2 Å². The van der Waals surface area contributed by atoms with Crippen LogP contribution in [0.5, 0.6) is 11.5 Å². The molecule has 136 valence electrons. The molecule has 1 fully saturated rings. The Hall–Kier alpha value is -2.82. The van der Waals surface area contributed by atoms with Gasteiger partial charge >= 0.3 is 5.97 Å². The van der Waals surface area contributed by atoms with Gasteiger partial charge in [-0.05, 0) is 56.2 Å². The lowest BCUT2D eigenvalue weighted by Gasteiger charge is -2.20. The molecule has 1 atom stereocenters. The summed E-state index contributed by atoms with van der Waals surface area (Å²) in [5, 5.41) is 0. The zero-order chi connectivity index (χ0) is 18.7. The van der Waals surface area contributed by atoms with Crippen LogP contribution in [0.15, 0.2) is 42.5 Å². The molecule has 0 saturated carbocycles. The number of para-hydroxylation sites is 2. The molecule has 0 unspecified atom stereocenters. The number of esters is 1. The van der Waals surface area contributed by atoms with Gasteiger partial charge in [-0.3, -0.25) is 9.59 Å². The first-order valence-corrected chi connectivity index (χ1v) is 8.80. The van der Waals surface area contributed by atoms with Crippen molar-refractivity contribution in [1.82, 2.24) is 0 Å². The van der Waals surface area contributed by atoms with E-state index in [4.69, 9.17) is 9.47 Å². The number of anilines is 1. The molecule has 0 radical (unpaired) electrons. The molecule has 1 saturated heterocycles. The Morgan fingerprint density at radius 3 is 2.54 bits per heavy atom. The van der Waals surface area contributed by atoms with Crippen LogP contribution in [-0.2, 0) is 9.59 Å². The molecule has 1 amide bonds. The lowest BCUT2D eigenvalue weighted by Crippen LogP contribution is -2.27. The summed E-state index contributed by atoms with van der Waals surface area (Å²) < 4.78 is 11.1. The first kappa shape index (κ1) is 18.0. The standard InChI is InChI=1S/C21H23NO4/c1-4-25-19-8-6-5-7-18(19)22-13-16(12-20(22)23)21(24)26-17-10-14(2)9-15(3)11-17/h5-11,16H,4,12-13H2,1-3H3/t16-/m1/s1. The van der Waals surface area contributed by atoms with Crippen molar-refractivity contribution < 1.29 is 19.1 Å². The Morgan fingerprint density at radius 1 is 1.15 bits per heavy atom. The topological polar surface area (TPSA) is 55.8 Å². The van der Waals surface area contributed by atoms with Gasteiger partial charge in [0, 0.05) is 13.0 Å². The summed E-state index contributed by atoms with van der Waals surface area (Å²) in [4.78, 5) is 26.6. The van der Waals surface area contributed by atoms with Gasteiger partial charge in [0.15, 0.2) is 0 Å². The van der Waals surface area contributed by atoms with Gasteiger partial charge in [-0.15, -0.1) is 0 Å². The van der Waals surface area contributed by atoms with Crippen LogP contribution in [0.1, 0.15) is 24.5 Å². The highest BCUT2D eigenvalue weighted by atomic mass is 16.5. The van der Waals surface area contributed by atoms with Crippen LogP contribution in [0.2, 0.25) is 0 Å². The van der Waals surface area contributed by atoms with Crippen LogP contribution in [0.25, 0.3) is 0 Å². The molecule has 1 aliphatic heterocycles. The zero-order valence-corrected chi connectivity index (χ0v) is 15.3. The molecular formula is C21H23NO4. The molecule has 2 aromatic carbocycles. The van der Waals surface area contributed by atoms with Gasteiger partial charge < -0.3 is 14.4 Å². The van der Waals surface area contributed by atoms with Crippen LogP contribution >= 0.6 is 0 Å². The normalized spacial score (nSPS) is 16.7. The number of hydrogen-bond donors (Lipinski definition) is 0. The third kappa shape index (κ3) is 3.87. The van der Waals surface area contributed by atoms with E-state index in [0.717, 1.165) is 11.1 Å². The number of carbonyl (C=O) groups excluding carboxylic acids is 2. The monoisotopic (exact) mass is 353 g/mol. The highest BCUT2D eigenvalue weighted by Crippen LogP contribution is 2.33. The van der Waals surface area contributed by atoms with Crippen molar-refractivity contribution in [2.45, 2.75) is 27.2 Å². The van der Waals surface area contributed by atoms with Crippen molar-refractivity contribution in [3.63, 3.8) is 0 Å². The van der Waals surface area contributed by atoms with Gasteiger partial charge in [0.05, 0.1) is 18.2 Å². The Balaban J connectivity index is 1.74. The van der Waals surface area contributed by atoms with Crippen LogP contribution in [0.3, 0.4) is 0 Å². The molecule has 2 aromatic rings. The maximum atomic E-state index is 12.5. The first-order valence-electron chi connectivity index (χ1n) is 8.80. The summed E-state index contributed by atoms with van der Waals surface area (Å²) in [5.41, 5.74) is 2.76. The average Bonchev–Trinajstić information content (AvgIpc) is 2.96. The lowest BCUT2D eigenvalue weighted by atomic mass is 10.1. The van der Waals surface area contributed by atoms with Gasteiger partial charge in [-0.2, -0.15) is 0 Å². The maximum Gasteiger partial charge on any atom is 0.316 e. The second-order valence-electron chi connectivity index (χ2n) is 6.55. The van der Waals surface area contributed by atoms with Crippen molar-refractivity contribution in [1.29, 1.82) is 0 Å². The summed E-state index contributed by atoms with van der Waals surface area (Å²) >= 11 is 0. The Kier molecular flexibility index (Phi) is 5.26. The van der Waals surface area contributed by atoms with E-state index < -0.39 is 5.92 Å². The fourth-order valence-electron chi connectivity index (χ4n) is 3.25. The predicted octanol–water partition coefficient (Wildman–Crippen LogP) is 3.66. The summed E-state index contributed by atoms with van der Waals surface area (Å²) in [5.74, 6) is 0.206. The van der Waals surface area contributed by atoms with Crippen molar-refractivity contribution in [2.24, 2.45) is 5.92 Å². The summed E-state index contributed by atoms with van der Waals surface area (Å²) in [6, 6.07) is 13.0. The Bertz CT molecular complexity index is 810.